The molecule has 1 N–H and O–H groups in total. The number of hydrogen-bond donors (Lipinski definition) is 1. The van der Waals surface area contributed by atoms with Crippen LogP contribution >= 0.6 is 11.6 Å². The smallest absolute Gasteiger partial charge is 0.127 e. The molecule has 0 saturated heterocycles. The van der Waals surface area contributed by atoms with Gasteiger partial charge in [0.05, 0.1) is 5.52 Å². The van der Waals surface area contributed by atoms with E-state index in [1.807, 2.05) is 24.3 Å². The fourth-order valence-electron chi connectivity index (χ4n) is 2.54. The molecule has 1 aromatic heterocycles. The van der Waals surface area contributed by atoms with E-state index in [2.05, 4.69) is 42.6 Å². The molecule has 0 radical (unpaired) electrons. The third-order valence-corrected chi connectivity index (χ3v) is 3.93. The van der Waals surface area contributed by atoms with Crippen LogP contribution in [0.1, 0.15) is 19.8 Å². The molecular weight excluding hydrogens is 292 g/mol. The highest BCUT2D eigenvalue weighted by atomic mass is 35.5. The maximum atomic E-state index is 6.18. The topological polar surface area (TPSA) is 24.9 Å². The van der Waals surface area contributed by atoms with E-state index < -0.39 is 0 Å². The van der Waals surface area contributed by atoms with Crippen LogP contribution in [-0.4, -0.2) is 11.5 Å². The zero-order chi connectivity index (χ0) is 15.4. The van der Waals surface area contributed by atoms with Crippen LogP contribution in [0.5, 0.6) is 0 Å². The molecule has 0 aliphatic rings. The zero-order valence-electron chi connectivity index (χ0n) is 12.6. The lowest BCUT2D eigenvalue weighted by Gasteiger charge is -2.12. The number of halogens is 1. The Bertz CT molecular complexity index is 769. The maximum absolute atomic E-state index is 6.18. The van der Waals surface area contributed by atoms with Gasteiger partial charge >= 0.3 is 0 Å². The van der Waals surface area contributed by atoms with Gasteiger partial charge in [-0.25, -0.2) is 4.98 Å². The molecule has 0 aliphatic carbocycles. The SMILES string of the molecule is CCCCNc1cc(-c2ccccc2)c2cc(Cl)ccc2n1. The number of unbranched alkanes of at least 4 members (excludes halogenated alkanes) is 1. The van der Waals surface area contributed by atoms with Crippen molar-refractivity contribution < 1.29 is 0 Å². The number of nitrogens with one attached hydrogen (secondary N) is 1. The summed E-state index contributed by atoms with van der Waals surface area (Å²) < 4.78 is 0. The van der Waals surface area contributed by atoms with Crippen LogP contribution in [0, 0.1) is 0 Å². The Hall–Kier alpha value is -2.06. The molecule has 0 atom stereocenters. The third kappa shape index (κ3) is 3.23. The van der Waals surface area contributed by atoms with Gasteiger partial charge in [-0.05, 0) is 41.8 Å². The van der Waals surface area contributed by atoms with Crippen LogP contribution in [0.3, 0.4) is 0 Å². The van der Waals surface area contributed by atoms with Crippen LogP contribution in [0.2, 0.25) is 5.02 Å². The Balaban J connectivity index is 2.11. The van der Waals surface area contributed by atoms with Crippen LogP contribution < -0.4 is 5.32 Å². The average molecular weight is 311 g/mol. The number of fused-ring (bicyclic) bond motifs is 1. The quantitative estimate of drug-likeness (QED) is 0.605. The van der Waals surface area contributed by atoms with Crippen molar-refractivity contribution in [1.82, 2.24) is 4.98 Å². The highest BCUT2D eigenvalue weighted by Gasteiger charge is 2.08. The molecule has 0 saturated carbocycles. The summed E-state index contributed by atoms with van der Waals surface area (Å²) in [4.78, 5) is 4.70. The van der Waals surface area contributed by atoms with Gasteiger partial charge in [0, 0.05) is 17.0 Å². The molecule has 0 unspecified atom stereocenters. The first-order chi connectivity index (χ1) is 10.8. The van der Waals surface area contributed by atoms with Gasteiger partial charge in [0.2, 0.25) is 0 Å². The van der Waals surface area contributed by atoms with Crippen LogP contribution in [-0.2, 0) is 0 Å². The minimum absolute atomic E-state index is 0.734. The second kappa shape index (κ2) is 6.80. The number of rotatable bonds is 5. The number of aromatic nitrogens is 1. The van der Waals surface area contributed by atoms with E-state index in [0.717, 1.165) is 40.3 Å². The van der Waals surface area contributed by atoms with E-state index in [9.17, 15) is 0 Å². The predicted octanol–water partition coefficient (Wildman–Crippen LogP) is 5.77. The van der Waals surface area contributed by atoms with Crippen molar-refractivity contribution in [2.24, 2.45) is 0 Å². The number of anilines is 1. The predicted molar refractivity (Wildman–Crippen MR) is 95.6 cm³/mol. The minimum atomic E-state index is 0.734. The molecule has 3 heteroatoms. The summed E-state index contributed by atoms with van der Waals surface area (Å²) in [5, 5.41) is 5.24. The number of hydrogen-bond acceptors (Lipinski definition) is 2. The normalized spacial score (nSPS) is 10.8. The maximum Gasteiger partial charge on any atom is 0.127 e. The van der Waals surface area contributed by atoms with Gasteiger partial charge < -0.3 is 5.32 Å². The number of pyridine rings is 1. The van der Waals surface area contributed by atoms with E-state index in [-0.39, 0.29) is 0 Å². The standard InChI is InChI=1S/C19H19ClN2/c1-2-3-11-21-19-13-16(14-7-5-4-6-8-14)17-12-15(20)9-10-18(17)22-19/h4-10,12-13H,2-3,11H2,1H3,(H,21,22). The molecule has 2 aromatic carbocycles. The van der Waals surface area contributed by atoms with Crippen molar-refractivity contribution in [2.75, 3.05) is 11.9 Å². The second-order valence-electron chi connectivity index (χ2n) is 5.36. The lowest BCUT2D eigenvalue weighted by atomic mass is 10.0. The van der Waals surface area contributed by atoms with Gasteiger partial charge in [0.1, 0.15) is 5.82 Å². The third-order valence-electron chi connectivity index (χ3n) is 3.69. The van der Waals surface area contributed by atoms with Crippen LogP contribution in [0.15, 0.2) is 54.6 Å². The first-order valence-electron chi connectivity index (χ1n) is 7.67. The van der Waals surface area contributed by atoms with Crippen molar-refractivity contribution in [2.45, 2.75) is 19.8 Å². The highest BCUT2D eigenvalue weighted by molar-refractivity contribution is 6.31. The van der Waals surface area contributed by atoms with E-state index >= 15 is 0 Å². The second-order valence-corrected chi connectivity index (χ2v) is 5.80. The van der Waals surface area contributed by atoms with Gasteiger partial charge in [-0.3, -0.25) is 0 Å². The van der Waals surface area contributed by atoms with Gasteiger partial charge in [-0.1, -0.05) is 55.3 Å². The molecule has 0 bridgehead atoms. The first-order valence-corrected chi connectivity index (χ1v) is 8.05. The fraction of sp³-hybridized carbons (Fsp3) is 0.211. The highest BCUT2D eigenvalue weighted by Crippen LogP contribution is 2.31. The molecule has 3 aromatic rings. The summed E-state index contributed by atoms with van der Waals surface area (Å²) in [6.07, 6.45) is 2.31. The Labute approximate surface area is 136 Å². The largest absolute Gasteiger partial charge is 0.370 e. The Morgan fingerprint density at radius 1 is 1.05 bits per heavy atom. The summed E-state index contributed by atoms with van der Waals surface area (Å²) in [5.41, 5.74) is 3.30. The average Bonchev–Trinajstić information content (AvgIpc) is 2.55. The summed E-state index contributed by atoms with van der Waals surface area (Å²) in [5.74, 6) is 0.919. The molecule has 0 amide bonds. The molecule has 22 heavy (non-hydrogen) atoms. The molecular formula is C19H19ClN2. The summed E-state index contributed by atoms with van der Waals surface area (Å²) in [6, 6.07) is 18.3. The van der Waals surface area contributed by atoms with Crippen molar-refractivity contribution in [3.8, 4) is 11.1 Å². The van der Waals surface area contributed by atoms with Crippen LogP contribution in [0.25, 0.3) is 22.0 Å². The Morgan fingerprint density at radius 3 is 2.64 bits per heavy atom. The Morgan fingerprint density at radius 2 is 1.86 bits per heavy atom. The number of nitrogens with zero attached hydrogens (tertiary/aromatic N) is 1. The molecule has 112 valence electrons. The molecule has 0 spiro atoms. The van der Waals surface area contributed by atoms with E-state index in [4.69, 9.17) is 16.6 Å². The van der Waals surface area contributed by atoms with Gasteiger partial charge in [-0.2, -0.15) is 0 Å². The number of benzene rings is 2. The summed E-state index contributed by atoms with van der Waals surface area (Å²) >= 11 is 6.18. The van der Waals surface area contributed by atoms with Gasteiger partial charge in [0.25, 0.3) is 0 Å². The minimum Gasteiger partial charge on any atom is -0.370 e. The molecule has 0 aliphatic heterocycles. The van der Waals surface area contributed by atoms with E-state index in [1.54, 1.807) is 0 Å². The van der Waals surface area contributed by atoms with Gasteiger partial charge in [-0.15, -0.1) is 0 Å². The summed E-state index contributed by atoms with van der Waals surface area (Å²) in [6.45, 7) is 3.13. The lowest BCUT2D eigenvalue weighted by Crippen LogP contribution is -2.03. The van der Waals surface area contributed by atoms with Crippen molar-refractivity contribution >= 4 is 28.3 Å². The lowest BCUT2D eigenvalue weighted by molar-refractivity contribution is 0.832. The molecule has 0 fully saturated rings. The van der Waals surface area contributed by atoms with E-state index in [1.165, 1.54) is 12.0 Å². The van der Waals surface area contributed by atoms with Crippen molar-refractivity contribution in [3.05, 3.63) is 59.6 Å². The molecule has 2 nitrogen and oxygen atoms in total. The summed E-state index contributed by atoms with van der Waals surface area (Å²) in [7, 11) is 0. The van der Waals surface area contributed by atoms with Crippen molar-refractivity contribution in [3.63, 3.8) is 0 Å². The van der Waals surface area contributed by atoms with Gasteiger partial charge in [0.15, 0.2) is 0 Å². The first kappa shape index (κ1) is 14.9. The zero-order valence-corrected chi connectivity index (χ0v) is 13.4. The van der Waals surface area contributed by atoms with E-state index in [0.29, 0.717) is 0 Å². The van der Waals surface area contributed by atoms with Crippen molar-refractivity contribution in [1.29, 1.82) is 0 Å². The molecule has 3 rings (SSSR count). The molecule has 1 heterocycles. The van der Waals surface area contributed by atoms with Crippen LogP contribution in [0.4, 0.5) is 5.82 Å². The Kier molecular flexibility index (Phi) is 4.59. The fourth-order valence-corrected chi connectivity index (χ4v) is 2.71. The monoisotopic (exact) mass is 310 g/mol.